The highest BCUT2D eigenvalue weighted by molar-refractivity contribution is 5.95. The number of para-hydroxylation sites is 2. The monoisotopic (exact) mass is 303 g/mol. The van der Waals surface area contributed by atoms with Gasteiger partial charge in [0.05, 0.1) is 16.7 Å². The van der Waals surface area contributed by atoms with Gasteiger partial charge in [0.1, 0.15) is 5.69 Å². The lowest BCUT2D eigenvalue weighted by molar-refractivity contribution is 0.0728. The van der Waals surface area contributed by atoms with E-state index in [2.05, 4.69) is 28.2 Å². The highest BCUT2D eigenvalue weighted by Crippen LogP contribution is 2.21. The van der Waals surface area contributed by atoms with E-state index in [1.165, 1.54) is 11.1 Å². The number of amides is 1. The lowest BCUT2D eigenvalue weighted by Crippen LogP contribution is -2.36. The summed E-state index contributed by atoms with van der Waals surface area (Å²) in [6.45, 7) is 3.22. The van der Waals surface area contributed by atoms with E-state index in [0.717, 1.165) is 24.0 Å². The van der Waals surface area contributed by atoms with Gasteiger partial charge in [0.15, 0.2) is 0 Å². The molecule has 0 radical (unpaired) electrons. The predicted molar refractivity (Wildman–Crippen MR) is 89.2 cm³/mol. The van der Waals surface area contributed by atoms with Crippen molar-refractivity contribution in [2.45, 2.75) is 19.9 Å². The summed E-state index contributed by atoms with van der Waals surface area (Å²) in [6.07, 6.45) is 0.891. The molecule has 0 atom stereocenters. The number of nitrogens with zero attached hydrogens (tertiary/aromatic N) is 3. The van der Waals surface area contributed by atoms with Gasteiger partial charge in [0, 0.05) is 13.1 Å². The first kappa shape index (κ1) is 13.9. The minimum atomic E-state index is -0.0322. The number of rotatable bonds is 1. The standard InChI is InChI=1S/C19H17N3O/c1-13-18(21-17-9-5-4-8-16(17)20-13)19(23)22-11-10-14-6-2-3-7-15(14)12-22/h2-9H,10-12H2,1H3. The van der Waals surface area contributed by atoms with Crippen LogP contribution in [0.1, 0.15) is 27.3 Å². The molecule has 4 heteroatoms. The fraction of sp³-hybridized carbons (Fsp3) is 0.211. The Morgan fingerprint density at radius 2 is 1.61 bits per heavy atom. The van der Waals surface area contributed by atoms with Gasteiger partial charge in [0.2, 0.25) is 0 Å². The van der Waals surface area contributed by atoms with Crippen LogP contribution in [0.3, 0.4) is 0 Å². The molecule has 0 N–H and O–H groups in total. The fourth-order valence-electron chi connectivity index (χ4n) is 3.11. The molecule has 0 aliphatic carbocycles. The van der Waals surface area contributed by atoms with Crippen LogP contribution in [0.2, 0.25) is 0 Å². The Kier molecular flexibility index (Phi) is 3.30. The molecular weight excluding hydrogens is 286 g/mol. The van der Waals surface area contributed by atoms with Gasteiger partial charge in [0.25, 0.3) is 5.91 Å². The third-order valence-corrected chi connectivity index (χ3v) is 4.37. The van der Waals surface area contributed by atoms with Crippen molar-refractivity contribution in [3.05, 3.63) is 71.0 Å². The number of benzene rings is 2. The van der Waals surface area contributed by atoms with Crippen molar-refractivity contribution in [1.29, 1.82) is 0 Å². The van der Waals surface area contributed by atoms with E-state index < -0.39 is 0 Å². The maximum Gasteiger partial charge on any atom is 0.274 e. The Balaban J connectivity index is 1.69. The van der Waals surface area contributed by atoms with Crippen molar-refractivity contribution < 1.29 is 4.79 Å². The van der Waals surface area contributed by atoms with Gasteiger partial charge < -0.3 is 4.90 Å². The second kappa shape index (κ2) is 5.47. The molecule has 3 aromatic rings. The molecule has 1 aliphatic rings. The highest BCUT2D eigenvalue weighted by Gasteiger charge is 2.24. The Morgan fingerprint density at radius 3 is 2.39 bits per heavy atom. The van der Waals surface area contributed by atoms with Crippen LogP contribution in [-0.4, -0.2) is 27.3 Å². The molecule has 4 rings (SSSR count). The Morgan fingerprint density at radius 1 is 0.957 bits per heavy atom. The van der Waals surface area contributed by atoms with Gasteiger partial charge >= 0.3 is 0 Å². The molecule has 0 fully saturated rings. The quantitative estimate of drug-likeness (QED) is 0.694. The molecular formula is C19H17N3O. The smallest absolute Gasteiger partial charge is 0.274 e. The number of aromatic nitrogens is 2. The van der Waals surface area contributed by atoms with Crippen molar-refractivity contribution in [2.24, 2.45) is 0 Å². The zero-order valence-electron chi connectivity index (χ0n) is 13.0. The predicted octanol–water partition coefficient (Wildman–Crippen LogP) is 3.14. The van der Waals surface area contributed by atoms with E-state index >= 15 is 0 Å². The first-order chi connectivity index (χ1) is 11.2. The van der Waals surface area contributed by atoms with Crippen LogP contribution < -0.4 is 0 Å². The molecule has 4 nitrogen and oxygen atoms in total. The zero-order valence-corrected chi connectivity index (χ0v) is 13.0. The van der Waals surface area contributed by atoms with E-state index in [4.69, 9.17) is 0 Å². The van der Waals surface area contributed by atoms with Crippen LogP contribution in [-0.2, 0) is 13.0 Å². The first-order valence-corrected chi connectivity index (χ1v) is 7.82. The van der Waals surface area contributed by atoms with Gasteiger partial charge in [-0.15, -0.1) is 0 Å². The lowest BCUT2D eigenvalue weighted by atomic mass is 9.99. The summed E-state index contributed by atoms with van der Waals surface area (Å²) >= 11 is 0. The Labute approximate surface area is 134 Å². The summed E-state index contributed by atoms with van der Waals surface area (Å²) in [5.74, 6) is -0.0322. The highest BCUT2D eigenvalue weighted by atomic mass is 16.2. The Bertz CT molecular complexity index is 904. The van der Waals surface area contributed by atoms with Crippen molar-refractivity contribution in [1.82, 2.24) is 14.9 Å². The first-order valence-electron chi connectivity index (χ1n) is 7.82. The second-order valence-electron chi connectivity index (χ2n) is 5.89. The number of hydrogen-bond acceptors (Lipinski definition) is 3. The van der Waals surface area contributed by atoms with Crippen molar-refractivity contribution in [3.63, 3.8) is 0 Å². The third-order valence-electron chi connectivity index (χ3n) is 4.37. The minimum absolute atomic E-state index is 0.0322. The van der Waals surface area contributed by atoms with Gasteiger partial charge in [-0.2, -0.15) is 0 Å². The summed E-state index contributed by atoms with van der Waals surface area (Å²) in [7, 11) is 0. The van der Waals surface area contributed by atoms with E-state index in [9.17, 15) is 4.79 Å². The van der Waals surface area contributed by atoms with E-state index in [-0.39, 0.29) is 5.91 Å². The topological polar surface area (TPSA) is 46.1 Å². The largest absolute Gasteiger partial charge is 0.333 e. The lowest BCUT2D eigenvalue weighted by Gasteiger charge is -2.28. The summed E-state index contributed by atoms with van der Waals surface area (Å²) in [4.78, 5) is 23.8. The van der Waals surface area contributed by atoms with Crippen LogP contribution in [0.15, 0.2) is 48.5 Å². The molecule has 23 heavy (non-hydrogen) atoms. The van der Waals surface area contributed by atoms with Crippen LogP contribution in [0.4, 0.5) is 0 Å². The zero-order chi connectivity index (χ0) is 15.8. The summed E-state index contributed by atoms with van der Waals surface area (Å²) in [5, 5.41) is 0. The molecule has 0 spiro atoms. The number of hydrogen-bond donors (Lipinski definition) is 0. The number of carbonyl (C=O) groups is 1. The van der Waals surface area contributed by atoms with Crippen LogP contribution in [0.25, 0.3) is 11.0 Å². The van der Waals surface area contributed by atoms with E-state index in [1.807, 2.05) is 42.2 Å². The van der Waals surface area contributed by atoms with E-state index in [0.29, 0.717) is 17.9 Å². The molecule has 114 valence electrons. The van der Waals surface area contributed by atoms with Crippen molar-refractivity contribution in [2.75, 3.05) is 6.54 Å². The minimum Gasteiger partial charge on any atom is -0.333 e. The van der Waals surface area contributed by atoms with Gasteiger partial charge in [-0.25, -0.2) is 9.97 Å². The molecule has 1 aromatic heterocycles. The van der Waals surface area contributed by atoms with Crippen molar-refractivity contribution in [3.8, 4) is 0 Å². The van der Waals surface area contributed by atoms with Crippen molar-refractivity contribution >= 4 is 16.9 Å². The van der Waals surface area contributed by atoms with Crippen LogP contribution in [0, 0.1) is 6.92 Å². The second-order valence-corrected chi connectivity index (χ2v) is 5.89. The average Bonchev–Trinajstić information content (AvgIpc) is 2.60. The maximum atomic E-state index is 12.9. The molecule has 2 heterocycles. The SMILES string of the molecule is Cc1nc2ccccc2nc1C(=O)N1CCc2ccccc2C1. The Hall–Kier alpha value is -2.75. The van der Waals surface area contributed by atoms with E-state index in [1.54, 1.807) is 0 Å². The van der Waals surface area contributed by atoms with Gasteiger partial charge in [-0.05, 0) is 36.6 Å². The van der Waals surface area contributed by atoms with Crippen LogP contribution in [0.5, 0.6) is 0 Å². The molecule has 1 aliphatic heterocycles. The normalized spacial score (nSPS) is 13.9. The van der Waals surface area contributed by atoms with Gasteiger partial charge in [-0.1, -0.05) is 36.4 Å². The number of fused-ring (bicyclic) bond motifs is 2. The fourth-order valence-corrected chi connectivity index (χ4v) is 3.11. The average molecular weight is 303 g/mol. The maximum absolute atomic E-state index is 12.9. The molecule has 0 saturated carbocycles. The van der Waals surface area contributed by atoms with Gasteiger partial charge in [-0.3, -0.25) is 4.79 Å². The molecule has 0 bridgehead atoms. The third kappa shape index (κ3) is 2.46. The number of carbonyl (C=O) groups excluding carboxylic acids is 1. The molecule has 2 aromatic carbocycles. The number of aryl methyl sites for hydroxylation is 1. The van der Waals surface area contributed by atoms with Crippen LogP contribution >= 0.6 is 0 Å². The molecule has 0 unspecified atom stereocenters. The molecule has 0 saturated heterocycles. The summed E-state index contributed by atoms with van der Waals surface area (Å²) < 4.78 is 0. The molecule has 1 amide bonds. The summed E-state index contributed by atoms with van der Waals surface area (Å²) in [6, 6.07) is 16.0. The summed E-state index contributed by atoms with van der Waals surface area (Å²) in [5.41, 5.74) is 5.29.